The maximum absolute atomic E-state index is 12.7. The molecular weight excluding hydrogens is 266 g/mol. The molecule has 0 saturated carbocycles. The van der Waals surface area contributed by atoms with E-state index in [1.54, 1.807) is 18.2 Å². The standard InChI is InChI=1S/C12H19N3O3S/c1-8-12(9(2)18-14-8)19(16,17)15-6-10-3-11(7-15)5-13-4-10/h10-11,13H,3-7H2,1-2H3/t10-,11-/m0/s1. The molecule has 2 atom stereocenters. The Kier molecular flexibility index (Phi) is 3.15. The Bertz CT molecular complexity index is 550. The predicted molar refractivity (Wildman–Crippen MR) is 69.2 cm³/mol. The Hall–Kier alpha value is -0.920. The minimum atomic E-state index is -3.47. The van der Waals surface area contributed by atoms with Gasteiger partial charge in [-0.15, -0.1) is 0 Å². The largest absolute Gasteiger partial charge is 0.360 e. The second-order valence-electron chi connectivity index (χ2n) is 5.60. The Morgan fingerprint density at radius 3 is 2.42 bits per heavy atom. The van der Waals surface area contributed by atoms with E-state index in [9.17, 15) is 8.42 Å². The highest BCUT2D eigenvalue weighted by molar-refractivity contribution is 7.89. The summed E-state index contributed by atoms with van der Waals surface area (Å²) in [5, 5.41) is 7.12. The highest BCUT2D eigenvalue weighted by atomic mass is 32.2. The van der Waals surface area contributed by atoms with Gasteiger partial charge >= 0.3 is 0 Å². The number of aryl methyl sites for hydroxylation is 2. The number of piperidine rings is 2. The van der Waals surface area contributed by atoms with Gasteiger partial charge in [0, 0.05) is 13.1 Å². The molecule has 2 aliphatic heterocycles. The maximum Gasteiger partial charge on any atom is 0.248 e. The van der Waals surface area contributed by atoms with Crippen LogP contribution in [-0.2, 0) is 10.0 Å². The number of fused-ring (bicyclic) bond motifs is 2. The Morgan fingerprint density at radius 2 is 1.89 bits per heavy atom. The van der Waals surface area contributed by atoms with Gasteiger partial charge in [-0.2, -0.15) is 4.31 Å². The lowest BCUT2D eigenvalue weighted by molar-refractivity contribution is 0.158. The lowest BCUT2D eigenvalue weighted by Crippen LogP contribution is -2.52. The second kappa shape index (κ2) is 4.57. The topological polar surface area (TPSA) is 75.4 Å². The number of aromatic nitrogens is 1. The summed E-state index contributed by atoms with van der Waals surface area (Å²) in [5.41, 5.74) is 0.450. The fraction of sp³-hybridized carbons (Fsp3) is 0.750. The van der Waals surface area contributed by atoms with E-state index in [2.05, 4.69) is 10.5 Å². The zero-order valence-corrected chi connectivity index (χ0v) is 12.0. The highest BCUT2D eigenvalue weighted by Gasteiger charge is 2.38. The van der Waals surface area contributed by atoms with Crippen LogP contribution in [0.15, 0.2) is 9.42 Å². The van der Waals surface area contributed by atoms with E-state index in [0.29, 0.717) is 36.4 Å². The van der Waals surface area contributed by atoms with Crippen LogP contribution in [0.5, 0.6) is 0 Å². The summed E-state index contributed by atoms with van der Waals surface area (Å²) in [6.07, 6.45) is 1.13. The minimum Gasteiger partial charge on any atom is -0.360 e. The van der Waals surface area contributed by atoms with Crippen molar-refractivity contribution in [2.24, 2.45) is 11.8 Å². The van der Waals surface area contributed by atoms with Crippen molar-refractivity contribution in [3.63, 3.8) is 0 Å². The van der Waals surface area contributed by atoms with Crippen LogP contribution in [0.3, 0.4) is 0 Å². The molecule has 2 fully saturated rings. The summed E-state index contributed by atoms with van der Waals surface area (Å²) in [7, 11) is -3.47. The fourth-order valence-electron chi connectivity index (χ4n) is 3.23. The van der Waals surface area contributed by atoms with Gasteiger partial charge in [0.05, 0.1) is 0 Å². The molecule has 3 heterocycles. The van der Waals surface area contributed by atoms with Crippen molar-refractivity contribution in [2.45, 2.75) is 25.2 Å². The van der Waals surface area contributed by atoms with Crippen molar-refractivity contribution in [2.75, 3.05) is 26.2 Å². The molecule has 1 aromatic rings. The predicted octanol–water partition coefficient (Wildman–Crippen LogP) is 0.521. The molecule has 0 aromatic carbocycles. The first kappa shape index (κ1) is 13.1. The molecule has 1 aromatic heterocycles. The van der Waals surface area contributed by atoms with Crippen LogP contribution in [0.1, 0.15) is 17.9 Å². The van der Waals surface area contributed by atoms with E-state index in [1.165, 1.54) is 0 Å². The van der Waals surface area contributed by atoms with Gasteiger partial charge in [-0.05, 0) is 45.2 Å². The third-order valence-corrected chi connectivity index (χ3v) is 6.10. The molecule has 6 nitrogen and oxygen atoms in total. The van der Waals surface area contributed by atoms with Gasteiger partial charge in [0.1, 0.15) is 10.6 Å². The third-order valence-electron chi connectivity index (χ3n) is 4.02. The van der Waals surface area contributed by atoms with Crippen LogP contribution in [0.2, 0.25) is 0 Å². The Labute approximate surface area is 113 Å². The van der Waals surface area contributed by atoms with E-state index in [1.807, 2.05) is 0 Å². The second-order valence-corrected chi connectivity index (χ2v) is 7.48. The summed E-state index contributed by atoms with van der Waals surface area (Å²) in [6.45, 7) is 6.33. The maximum atomic E-state index is 12.7. The quantitative estimate of drug-likeness (QED) is 0.857. The number of hydrogen-bond acceptors (Lipinski definition) is 5. The average Bonchev–Trinajstić information content (AvgIpc) is 2.69. The monoisotopic (exact) mass is 285 g/mol. The van der Waals surface area contributed by atoms with Gasteiger partial charge in [0.2, 0.25) is 10.0 Å². The molecule has 3 rings (SSSR count). The van der Waals surface area contributed by atoms with Crippen LogP contribution in [0, 0.1) is 25.7 Å². The van der Waals surface area contributed by atoms with Gasteiger partial charge in [0.15, 0.2) is 5.76 Å². The molecule has 2 aliphatic rings. The van der Waals surface area contributed by atoms with E-state index in [0.717, 1.165) is 19.5 Å². The molecule has 2 bridgehead atoms. The molecule has 0 unspecified atom stereocenters. The molecule has 7 heteroatoms. The summed E-state index contributed by atoms with van der Waals surface area (Å²) < 4.78 is 32.1. The van der Waals surface area contributed by atoms with Crippen molar-refractivity contribution in [3.8, 4) is 0 Å². The normalized spacial score (nSPS) is 28.5. The first-order chi connectivity index (χ1) is 8.98. The van der Waals surface area contributed by atoms with Gasteiger partial charge < -0.3 is 9.84 Å². The molecule has 0 spiro atoms. The van der Waals surface area contributed by atoms with Crippen molar-refractivity contribution in [1.29, 1.82) is 0 Å². The lowest BCUT2D eigenvalue weighted by Gasteiger charge is -2.40. The number of nitrogens with one attached hydrogen (secondary N) is 1. The number of hydrogen-bond donors (Lipinski definition) is 1. The van der Waals surface area contributed by atoms with Crippen molar-refractivity contribution < 1.29 is 12.9 Å². The van der Waals surface area contributed by atoms with Crippen LogP contribution in [-0.4, -0.2) is 44.1 Å². The smallest absolute Gasteiger partial charge is 0.248 e. The van der Waals surface area contributed by atoms with Gasteiger partial charge in [-0.3, -0.25) is 0 Å². The van der Waals surface area contributed by atoms with Crippen molar-refractivity contribution in [3.05, 3.63) is 11.5 Å². The molecule has 0 radical (unpaired) electrons. The molecule has 2 saturated heterocycles. The van der Waals surface area contributed by atoms with Crippen molar-refractivity contribution in [1.82, 2.24) is 14.8 Å². The molecule has 1 N–H and O–H groups in total. The molecule has 19 heavy (non-hydrogen) atoms. The zero-order chi connectivity index (χ0) is 13.6. The molecular formula is C12H19N3O3S. The summed E-state index contributed by atoms with van der Waals surface area (Å²) in [6, 6.07) is 0. The SMILES string of the molecule is Cc1noc(C)c1S(=O)(=O)N1C[C@@H]2CNC[C@H](C2)C1. The van der Waals surface area contributed by atoms with Crippen LogP contribution < -0.4 is 5.32 Å². The number of sulfonamides is 1. The van der Waals surface area contributed by atoms with Gasteiger partial charge in [0.25, 0.3) is 0 Å². The molecule has 0 amide bonds. The van der Waals surface area contributed by atoms with Crippen LogP contribution in [0.4, 0.5) is 0 Å². The highest BCUT2D eigenvalue weighted by Crippen LogP contribution is 2.30. The Balaban J connectivity index is 1.93. The fourth-order valence-corrected chi connectivity index (χ4v) is 5.11. The van der Waals surface area contributed by atoms with Gasteiger partial charge in [-0.1, -0.05) is 5.16 Å². The lowest BCUT2D eigenvalue weighted by atomic mass is 9.87. The summed E-state index contributed by atoms with van der Waals surface area (Å²) >= 11 is 0. The number of nitrogens with zero attached hydrogens (tertiary/aromatic N) is 2. The first-order valence-corrected chi connectivity index (χ1v) is 8.06. The Morgan fingerprint density at radius 1 is 1.26 bits per heavy atom. The van der Waals surface area contributed by atoms with Gasteiger partial charge in [-0.25, -0.2) is 8.42 Å². The zero-order valence-electron chi connectivity index (χ0n) is 11.2. The van der Waals surface area contributed by atoms with Crippen LogP contribution >= 0.6 is 0 Å². The van der Waals surface area contributed by atoms with E-state index < -0.39 is 10.0 Å². The van der Waals surface area contributed by atoms with E-state index >= 15 is 0 Å². The van der Waals surface area contributed by atoms with E-state index in [4.69, 9.17) is 4.52 Å². The van der Waals surface area contributed by atoms with Crippen molar-refractivity contribution >= 4 is 10.0 Å². The van der Waals surface area contributed by atoms with E-state index in [-0.39, 0.29) is 4.90 Å². The molecule has 106 valence electrons. The summed E-state index contributed by atoms with van der Waals surface area (Å²) in [5.74, 6) is 1.22. The summed E-state index contributed by atoms with van der Waals surface area (Å²) in [4.78, 5) is 0.250. The third kappa shape index (κ3) is 2.19. The van der Waals surface area contributed by atoms with Crippen LogP contribution in [0.25, 0.3) is 0 Å². The average molecular weight is 285 g/mol. The first-order valence-electron chi connectivity index (χ1n) is 6.62. The minimum absolute atomic E-state index is 0.250. The molecule has 0 aliphatic carbocycles. The number of rotatable bonds is 2.